The van der Waals surface area contributed by atoms with E-state index in [9.17, 15) is 60.3 Å². The van der Waals surface area contributed by atoms with E-state index in [1.807, 2.05) is 0 Å². The van der Waals surface area contributed by atoms with Crippen molar-refractivity contribution in [3.63, 3.8) is 0 Å². The summed E-state index contributed by atoms with van der Waals surface area (Å²) in [5.41, 5.74) is -5.31. The summed E-state index contributed by atoms with van der Waals surface area (Å²) < 4.78 is 19.5. The number of carbonyl (C=O) groups is 3. The number of nitrogens with zero attached hydrogens (tertiary/aromatic N) is 1. The first-order valence-electron chi connectivity index (χ1n) is 21.8. The average Bonchev–Trinajstić information content (AvgIpc) is 3.22. The molecule has 0 atom stereocenters. The van der Waals surface area contributed by atoms with Crippen LogP contribution in [0.2, 0.25) is 6.04 Å². The molecule has 20 heteroatoms. The Morgan fingerprint density at radius 2 is 0.817 bits per heavy atom. The van der Waals surface area contributed by atoms with E-state index < -0.39 is 122 Å². The van der Waals surface area contributed by atoms with Crippen LogP contribution in [0.4, 0.5) is 0 Å². The quantitative estimate of drug-likeness (QED) is 0.0177. The molecule has 0 bridgehead atoms. The van der Waals surface area contributed by atoms with Gasteiger partial charge in [-0.1, -0.05) is 90.4 Å². The Kier molecular flexibility index (Phi) is 31.7. The van der Waals surface area contributed by atoms with Gasteiger partial charge in [-0.05, 0) is 12.8 Å². The standard InChI is InChI=1S/C40H82N4O15Si/c1-4-5-6-7-8-9-10-11-12-13-14-15-16-17-18-20-44(2,3)21-19-22-60(57-32-38(26-45,27-46)41-23-35(51)52,58-33-39(28-47,29-48)42-24-36(53)54)59-34-40(30-49,31-50)43-25-37(55)56/h41-43,45-50H,4-34H2,1-3H3,(H2-,51,52,53,54,55,56)/p-1. The molecule has 0 spiro atoms. The summed E-state index contributed by atoms with van der Waals surface area (Å²) in [5.74, 6) is -4.38. The van der Waals surface area contributed by atoms with Crippen molar-refractivity contribution in [2.24, 2.45) is 0 Å². The van der Waals surface area contributed by atoms with E-state index in [0.717, 1.165) is 25.8 Å². The molecule has 0 unspecified atom stereocenters. The lowest BCUT2D eigenvalue weighted by atomic mass is 10.0. The summed E-state index contributed by atoms with van der Waals surface area (Å²) in [6.45, 7) is -5.37. The summed E-state index contributed by atoms with van der Waals surface area (Å²) in [4.78, 5) is 34.0. The van der Waals surface area contributed by atoms with Crippen molar-refractivity contribution in [3.8, 4) is 0 Å². The fraction of sp³-hybridized carbons (Fsp3) is 0.925. The van der Waals surface area contributed by atoms with Gasteiger partial charge in [0, 0.05) is 25.6 Å². The maximum atomic E-state index is 11.4. The Balaban J connectivity index is 6.02. The van der Waals surface area contributed by atoms with Crippen LogP contribution < -0.4 is 26.2 Å². The zero-order valence-electron chi connectivity index (χ0n) is 36.8. The Hall–Kier alpha value is -1.89. The van der Waals surface area contributed by atoms with Crippen LogP contribution in [0, 0.1) is 0 Å². The number of hydrogen-bond donors (Lipinski definition) is 10. The van der Waals surface area contributed by atoms with Crippen molar-refractivity contribution in [1.29, 1.82) is 0 Å². The molecule has 356 valence electrons. The highest BCUT2D eigenvalue weighted by Gasteiger charge is 2.48. The largest absolute Gasteiger partial charge is 0.549 e. The fourth-order valence-electron chi connectivity index (χ4n) is 6.53. The number of aliphatic hydroxyl groups excluding tert-OH is 6. The van der Waals surface area contributed by atoms with Gasteiger partial charge in [0.2, 0.25) is 0 Å². The smallest absolute Gasteiger partial charge is 0.501 e. The molecule has 0 heterocycles. The third kappa shape index (κ3) is 25.9. The van der Waals surface area contributed by atoms with E-state index in [1.54, 1.807) is 0 Å². The minimum atomic E-state index is -4.34. The van der Waals surface area contributed by atoms with E-state index >= 15 is 0 Å². The van der Waals surface area contributed by atoms with Crippen LogP contribution in [0.1, 0.15) is 110 Å². The van der Waals surface area contributed by atoms with Crippen LogP contribution in [0.15, 0.2) is 0 Å². The zero-order chi connectivity index (χ0) is 45.4. The van der Waals surface area contributed by atoms with Crippen LogP contribution in [0.5, 0.6) is 0 Å². The van der Waals surface area contributed by atoms with E-state index in [0.29, 0.717) is 17.4 Å². The van der Waals surface area contributed by atoms with Gasteiger partial charge in [-0.25, -0.2) is 0 Å². The number of hydrogen-bond acceptors (Lipinski definition) is 17. The maximum absolute atomic E-state index is 11.4. The summed E-state index contributed by atoms with van der Waals surface area (Å²) in [6, 6.07) is -0.0136. The summed E-state index contributed by atoms with van der Waals surface area (Å²) >= 11 is 0. The van der Waals surface area contributed by atoms with Crippen molar-refractivity contribution in [2.45, 2.75) is 132 Å². The van der Waals surface area contributed by atoms with Crippen molar-refractivity contribution in [3.05, 3.63) is 0 Å². The molecule has 0 aliphatic carbocycles. The van der Waals surface area contributed by atoms with Gasteiger partial charge in [0.25, 0.3) is 0 Å². The van der Waals surface area contributed by atoms with Gasteiger partial charge in [0.1, 0.15) is 0 Å². The predicted octanol–water partition coefficient (Wildman–Crippen LogP) is -2.16. The SMILES string of the molecule is CCCCCCCCCCCCCCCCC[N+](C)(C)CCC[Si](OCC(CO)(CO)NCC(=O)[O-])(OCC(CO)(CO)NCC(=O)[O-])OCC(CO)(CO)NCC(=O)O. The highest BCUT2D eigenvalue weighted by Crippen LogP contribution is 2.25. The number of unbranched alkanes of at least 4 members (excludes halogenated alkanes) is 14. The Morgan fingerprint density at radius 1 is 0.517 bits per heavy atom. The van der Waals surface area contributed by atoms with Crippen molar-refractivity contribution in [2.75, 3.05) is 106 Å². The third-order valence-corrected chi connectivity index (χ3v) is 13.7. The molecule has 0 fully saturated rings. The maximum Gasteiger partial charge on any atom is 0.501 e. The van der Waals surface area contributed by atoms with Crippen molar-refractivity contribution >= 4 is 26.7 Å². The molecule has 10 N–H and O–H groups in total. The fourth-order valence-corrected chi connectivity index (χ4v) is 9.29. The van der Waals surface area contributed by atoms with Gasteiger partial charge in [-0.2, -0.15) is 0 Å². The lowest BCUT2D eigenvalue weighted by Gasteiger charge is -2.41. The van der Waals surface area contributed by atoms with Gasteiger partial charge in [-0.3, -0.25) is 10.1 Å². The predicted molar refractivity (Wildman–Crippen MR) is 222 cm³/mol. The number of carboxylic acid groups (broad SMARTS) is 3. The number of carboxylic acids is 3. The van der Waals surface area contributed by atoms with Gasteiger partial charge in [0.05, 0.1) is 122 Å². The molecule has 60 heavy (non-hydrogen) atoms. The number of carbonyl (C=O) groups excluding carboxylic acids is 2. The van der Waals surface area contributed by atoms with Crippen LogP contribution in [0.25, 0.3) is 0 Å². The molecule has 0 rings (SSSR count). The molecule has 0 radical (unpaired) electrons. The molecule has 0 aromatic rings. The Labute approximate surface area is 358 Å². The first-order valence-corrected chi connectivity index (χ1v) is 23.7. The second kappa shape index (κ2) is 32.7. The average molecular weight is 886 g/mol. The molecule has 0 saturated carbocycles. The molecule has 0 aliphatic rings. The molecule has 0 amide bonds. The first-order chi connectivity index (χ1) is 28.5. The summed E-state index contributed by atoms with van der Waals surface area (Å²) in [6.07, 6.45) is 19.2. The summed E-state index contributed by atoms with van der Waals surface area (Å²) in [7, 11) is -0.212. The van der Waals surface area contributed by atoms with E-state index in [-0.39, 0.29) is 6.04 Å². The lowest BCUT2D eigenvalue weighted by Crippen LogP contribution is -2.64. The van der Waals surface area contributed by atoms with Crippen molar-refractivity contribution < 1.29 is 78.1 Å². The number of aliphatic carboxylic acids is 3. The van der Waals surface area contributed by atoms with Crippen LogP contribution in [0.3, 0.4) is 0 Å². The Bertz CT molecular complexity index is 1040. The number of aliphatic hydroxyl groups is 6. The molecule has 0 saturated heterocycles. The normalized spacial score (nSPS) is 12.9. The van der Waals surface area contributed by atoms with Crippen LogP contribution in [-0.2, 0) is 27.7 Å². The molecular formula is C40H81N4O15Si-. The molecular weight excluding hydrogens is 805 g/mol. The zero-order valence-corrected chi connectivity index (χ0v) is 37.8. The van der Waals surface area contributed by atoms with Gasteiger partial charge >= 0.3 is 14.8 Å². The first kappa shape index (κ1) is 58.1. The second-order valence-corrected chi connectivity index (χ2v) is 19.7. The molecule has 0 aliphatic heterocycles. The highest BCUT2D eigenvalue weighted by molar-refractivity contribution is 6.60. The minimum Gasteiger partial charge on any atom is -0.549 e. The Morgan fingerprint density at radius 3 is 1.12 bits per heavy atom. The molecule has 0 aromatic carbocycles. The van der Waals surface area contributed by atoms with E-state index in [2.05, 4.69) is 37.0 Å². The van der Waals surface area contributed by atoms with Gasteiger partial charge < -0.3 is 83.9 Å². The molecule has 0 aromatic heterocycles. The van der Waals surface area contributed by atoms with Gasteiger partial charge in [-0.15, -0.1) is 0 Å². The third-order valence-electron chi connectivity index (χ3n) is 11.0. The number of quaternary nitrogens is 1. The van der Waals surface area contributed by atoms with E-state index in [1.165, 1.54) is 77.0 Å². The van der Waals surface area contributed by atoms with Crippen molar-refractivity contribution in [1.82, 2.24) is 16.0 Å². The highest BCUT2D eigenvalue weighted by atomic mass is 28.4. The minimum absolute atomic E-state index is 0.0136. The van der Waals surface area contributed by atoms with Crippen LogP contribution >= 0.6 is 0 Å². The topological polar surface area (TPSA) is 303 Å². The van der Waals surface area contributed by atoms with Gasteiger partial charge in [0.15, 0.2) is 0 Å². The summed E-state index contributed by atoms with van der Waals surface area (Å²) in [5, 5.41) is 101. The lowest BCUT2D eigenvalue weighted by molar-refractivity contribution is -0.890. The number of nitrogens with one attached hydrogen (secondary N) is 3. The number of rotatable bonds is 44. The monoisotopic (exact) mass is 886 g/mol. The van der Waals surface area contributed by atoms with E-state index in [4.69, 9.17) is 13.3 Å². The molecule has 19 nitrogen and oxygen atoms in total. The second-order valence-electron chi connectivity index (χ2n) is 17.0. The van der Waals surface area contributed by atoms with Crippen LogP contribution in [-0.4, -0.2) is 190 Å².